The lowest BCUT2D eigenvalue weighted by Gasteiger charge is -2.54. The Labute approximate surface area is 103 Å². The minimum Gasteiger partial charge on any atom is -0.394 e. The first kappa shape index (κ1) is 13.8. The quantitative estimate of drug-likeness (QED) is 0.806. The molecule has 104 valence electrons. The highest BCUT2D eigenvalue weighted by atomic mass is 19.4. The maximum atomic E-state index is 12.8. The van der Waals surface area contributed by atoms with E-state index in [0.717, 1.165) is 0 Å². The Kier molecular flexibility index (Phi) is 3.42. The zero-order chi connectivity index (χ0) is 13.6. The third kappa shape index (κ3) is 1.85. The summed E-state index contributed by atoms with van der Waals surface area (Å²) in [7, 11) is 1.37. The second-order valence-corrected chi connectivity index (χ2v) is 4.98. The van der Waals surface area contributed by atoms with E-state index in [1.807, 2.05) is 0 Å². The number of carbonyl (C=O) groups is 1. The molecule has 0 aromatic carbocycles. The van der Waals surface area contributed by atoms with Gasteiger partial charge in [-0.05, 0) is 13.0 Å². The summed E-state index contributed by atoms with van der Waals surface area (Å²) >= 11 is 0. The number of Topliss-reactive ketones (excluding diaryl/α,β-unsaturated/α-hetero) is 1. The molecule has 4 atom stereocenters. The summed E-state index contributed by atoms with van der Waals surface area (Å²) < 4.78 is 43.4. The molecular formula is C11H16F3NO3. The Balaban J connectivity index is 2.31. The molecule has 3 fully saturated rings. The molecule has 0 aromatic rings. The summed E-state index contributed by atoms with van der Waals surface area (Å²) in [4.78, 5) is 13.6. The van der Waals surface area contributed by atoms with Crippen LogP contribution in [0.3, 0.4) is 0 Å². The van der Waals surface area contributed by atoms with Gasteiger partial charge in [0.15, 0.2) is 5.78 Å². The van der Waals surface area contributed by atoms with E-state index in [1.54, 1.807) is 0 Å². The number of piperidine rings is 3. The smallest absolute Gasteiger partial charge is 0.393 e. The number of methoxy groups -OCH3 is 1. The zero-order valence-electron chi connectivity index (χ0n) is 10.0. The van der Waals surface area contributed by atoms with Crippen molar-refractivity contribution < 1.29 is 27.8 Å². The molecule has 0 saturated carbocycles. The standard InChI is InChI=1S/C11H16F3NO3/c1-18-6-10(5-16)9(17)7-2-3-15(10)4-8(7)11(12,13)14/h7-8,16H,2-6H2,1H3/t7-,8-,10+/m1/s1. The second-order valence-electron chi connectivity index (χ2n) is 4.98. The number of rotatable bonds is 3. The minimum atomic E-state index is -4.37. The van der Waals surface area contributed by atoms with Crippen molar-refractivity contribution >= 4 is 5.78 Å². The van der Waals surface area contributed by atoms with Crippen LogP contribution >= 0.6 is 0 Å². The highest BCUT2D eigenvalue weighted by Crippen LogP contribution is 2.46. The Morgan fingerprint density at radius 1 is 1.56 bits per heavy atom. The van der Waals surface area contributed by atoms with E-state index in [0.29, 0.717) is 6.54 Å². The Morgan fingerprint density at radius 2 is 2.22 bits per heavy atom. The molecule has 3 heterocycles. The lowest BCUT2D eigenvalue weighted by molar-refractivity contribution is -0.229. The van der Waals surface area contributed by atoms with Gasteiger partial charge in [0.05, 0.1) is 19.1 Å². The largest absolute Gasteiger partial charge is 0.394 e. The highest BCUT2D eigenvalue weighted by Gasteiger charge is 2.62. The molecule has 0 aliphatic carbocycles. The average molecular weight is 267 g/mol. The molecule has 3 rings (SSSR count). The van der Waals surface area contributed by atoms with Gasteiger partial charge in [0, 0.05) is 19.6 Å². The van der Waals surface area contributed by atoms with Gasteiger partial charge in [-0.25, -0.2) is 0 Å². The zero-order valence-corrected chi connectivity index (χ0v) is 10.0. The Bertz CT molecular complexity index is 347. The van der Waals surface area contributed by atoms with Gasteiger partial charge in [-0.1, -0.05) is 0 Å². The van der Waals surface area contributed by atoms with Crippen molar-refractivity contribution in [1.82, 2.24) is 4.90 Å². The van der Waals surface area contributed by atoms with Crippen LogP contribution in [0.1, 0.15) is 6.42 Å². The number of ketones is 1. The molecule has 18 heavy (non-hydrogen) atoms. The first-order chi connectivity index (χ1) is 8.36. The number of fused-ring (bicyclic) bond motifs is 3. The molecule has 7 heteroatoms. The number of carbonyl (C=O) groups excluding carboxylic acids is 1. The van der Waals surface area contributed by atoms with Crippen molar-refractivity contribution in [2.45, 2.75) is 18.1 Å². The van der Waals surface area contributed by atoms with Crippen molar-refractivity contribution in [3.05, 3.63) is 0 Å². The van der Waals surface area contributed by atoms with Gasteiger partial charge in [0.2, 0.25) is 0 Å². The van der Waals surface area contributed by atoms with Gasteiger partial charge in [0.1, 0.15) is 5.54 Å². The van der Waals surface area contributed by atoms with Crippen molar-refractivity contribution in [2.24, 2.45) is 11.8 Å². The normalized spacial score (nSPS) is 40.3. The fourth-order valence-electron chi connectivity index (χ4n) is 3.11. The van der Waals surface area contributed by atoms with Gasteiger partial charge >= 0.3 is 6.18 Å². The maximum absolute atomic E-state index is 12.8. The molecule has 3 saturated heterocycles. The van der Waals surface area contributed by atoms with Crippen LogP contribution in [-0.2, 0) is 9.53 Å². The highest BCUT2D eigenvalue weighted by molar-refractivity contribution is 5.92. The Morgan fingerprint density at radius 3 is 2.67 bits per heavy atom. The number of aliphatic hydroxyl groups is 1. The van der Waals surface area contributed by atoms with E-state index in [9.17, 15) is 23.1 Å². The van der Waals surface area contributed by atoms with E-state index in [4.69, 9.17) is 4.74 Å². The Hall–Kier alpha value is -0.660. The molecule has 0 radical (unpaired) electrons. The SMILES string of the molecule is COC[C@@]1(CO)C(=O)[C@@H]2CCN1C[C@H]2C(F)(F)F. The van der Waals surface area contributed by atoms with E-state index in [-0.39, 0.29) is 19.6 Å². The number of hydrogen-bond donors (Lipinski definition) is 1. The van der Waals surface area contributed by atoms with Gasteiger partial charge in [-0.2, -0.15) is 13.2 Å². The van der Waals surface area contributed by atoms with E-state index in [2.05, 4.69) is 0 Å². The lowest BCUT2D eigenvalue weighted by atomic mass is 9.68. The number of hydrogen-bond acceptors (Lipinski definition) is 4. The van der Waals surface area contributed by atoms with Crippen molar-refractivity contribution in [3.63, 3.8) is 0 Å². The van der Waals surface area contributed by atoms with Crippen molar-refractivity contribution in [2.75, 3.05) is 33.4 Å². The van der Waals surface area contributed by atoms with Crippen molar-refractivity contribution in [3.8, 4) is 0 Å². The molecule has 3 aliphatic rings. The number of nitrogens with zero attached hydrogens (tertiary/aromatic N) is 1. The average Bonchev–Trinajstić information content (AvgIpc) is 2.32. The van der Waals surface area contributed by atoms with Gasteiger partial charge in [-0.3, -0.25) is 9.69 Å². The second kappa shape index (κ2) is 4.47. The van der Waals surface area contributed by atoms with Gasteiger partial charge < -0.3 is 9.84 Å². The van der Waals surface area contributed by atoms with E-state index >= 15 is 0 Å². The summed E-state index contributed by atoms with van der Waals surface area (Å²) in [6, 6.07) is 0. The first-order valence-corrected chi connectivity index (χ1v) is 5.82. The van der Waals surface area contributed by atoms with Crippen LogP contribution in [0.2, 0.25) is 0 Å². The van der Waals surface area contributed by atoms with Gasteiger partial charge in [-0.15, -0.1) is 0 Å². The summed E-state index contributed by atoms with van der Waals surface area (Å²) in [5, 5.41) is 9.43. The molecule has 0 amide bonds. The maximum Gasteiger partial charge on any atom is 0.393 e. The molecule has 1 N–H and O–H groups in total. The predicted molar refractivity (Wildman–Crippen MR) is 55.9 cm³/mol. The predicted octanol–water partition coefficient (Wildman–Crippen LogP) is 0.447. The molecule has 4 nitrogen and oxygen atoms in total. The fourth-order valence-corrected chi connectivity index (χ4v) is 3.11. The first-order valence-electron chi connectivity index (χ1n) is 5.82. The van der Waals surface area contributed by atoms with Gasteiger partial charge in [0.25, 0.3) is 0 Å². The van der Waals surface area contributed by atoms with E-state index in [1.165, 1.54) is 12.0 Å². The van der Waals surface area contributed by atoms with Crippen LogP contribution in [0.25, 0.3) is 0 Å². The molecule has 1 unspecified atom stereocenters. The number of ether oxygens (including phenoxy) is 1. The van der Waals surface area contributed by atoms with Crippen LogP contribution < -0.4 is 0 Å². The number of halogens is 3. The number of aliphatic hydroxyl groups excluding tert-OH is 1. The van der Waals surface area contributed by atoms with Crippen LogP contribution in [0, 0.1) is 11.8 Å². The summed E-state index contributed by atoms with van der Waals surface area (Å²) in [6.45, 7) is -0.402. The molecule has 2 bridgehead atoms. The van der Waals surface area contributed by atoms with Crippen molar-refractivity contribution in [1.29, 1.82) is 0 Å². The molecule has 3 aliphatic heterocycles. The van der Waals surface area contributed by atoms with Crippen LogP contribution in [0.5, 0.6) is 0 Å². The summed E-state index contributed by atoms with van der Waals surface area (Å²) in [6.07, 6.45) is -4.16. The molecule has 0 spiro atoms. The third-order valence-electron chi connectivity index (χ3n) is 4.08. The monoisotopic (exact) mass is 267 g/mol. The lowest BCUT2D eigenvalue weighted by Crippen LogP contribution is -2.72. The topological polar surface area (TPSA) is 49.8 Å². The summed E-state index contributed by atoms with van der Waals surface area (Å²) in [5.74, 6) is -3.20. The van der Waals surface area contributed by atoms with Crippen LogP contribution in [0.4, 0.5) is 13.2 Å². The molecule has 0 aromatic heterocycles. The van der Waals surface area contributed by atoms with E-state index < -0.39 is 35.9 Å². The van der Waals surface area contributed by atoms with Crippen LogP contribution in [0.15, 0.2) is 0 Å². The third-order valence-corrected chi connectivity index (χ3v) is 4.08. The molecular weight excluding hydrogens is 251 g/mol. The fraction of sp³-hybridized carbons (Fsp3) is 0.909. The summed E-state index contributed by atoms with van der Waals surface area (Å²) in [5.41, 5.74) is -1.28. The number of alkyl halides is 3. The van der Waals surface area contributed by atoms with Crippen LogP contribution in [-0.4, -0.2) is 60.9 Å². The minimum absolute atomic E-state index is 0.0661.